The average molecular weight is 264 g/mol. The van der Waals surface area contributed by atoms with Crippen molar-refractivity contribution in [2.75, 3.05) is 5.32 Å². The van der Waals surface area contributed by atoms with Crippen LogP contribution in [0.25, 0.3) is 0 Å². The standard InChI is InChI=1S/C13H14ClN3O/c1-8-12(14)13(17-9(2)16-8)15-7-10-3-5-11(18)6-4-10/h3-6,18H,7H2,1-2H3,(H,15,16,17). The summed E-state index contributed by atoms with van der Waals surface area (Å²) in [5.41, 5.74) is 1.80. The third kappa shape index (κ3) is 2.90. The Balaban J connectivity index is 2.13. The van der Waals surface area contributed by atoms with Crippen LogP contribution in [0.5, 0.6) is 5.75 Å². The predicted octanol–water partition coefficient (Wildman–Crippen LogP) is 3.06. The third-order valence-electron chi connectivity index (χ3n) is 2.52. The smallest absolute Gasteiger partial charge is 0.149 e. The SMILES string of the molecule is Cc1nc(C)c(Cl)c(NCc2ccc(O)cc2)n1. The maximum atomic E-state index is 9.20. The summed E-state index contributed by atoms with van der Waals surface area (Å²) >= 11 is 6.13. The number of nitrogens with one attached hydrogen (secondary N) is 1. The zero-order chi connectivity index (χ0) is 13.1. The number of anilines is 1. The highest BCUT2D eigenvalue weighted by molar-refractivity contribution is 6.33. The molecule has 0 spiro atoms. The number of hydrogen-bond acceptors (Lipinski definition) is 4. The second-order valence-corrected chi connectivity index (χ2v) is 4.42. The van der Waals surface area contributed by atoms with Gasteiger partial charge < -0.3 is 10.4 Å². The van der Waals surface area contributed by atoms with Gasteiger partial charge in [-0.2, -0.15) is 0 Å². The molecular formula is C13H14ClN3O. The molecule has 5 heteroatoms. The lowest BCUT2D eigenvalue weighted by Gasteiger charge is -2.09. The molecule has 94 valence electrons. The predicted molar refractivity (Wildman–Crippen MR) is 71.9 cm³/mol. The molecule has 0 unspecified atom stereocenters. The van der Waals surface area contributed by atoms with E-state index in [9.17, 15) is 5.11 Å². The van der Waals surface area contributed by atoms with Crippen molar-refractivity contribution in [3.05, 3.63) is 46.4 Å². The Morgan fingerprint density at radius 2 is 1.83 bits per heavy atom. The molecule has 18 heavy (non-hydrogen) atoms. The quantitative estimate of drug-likeness (QED) is 0.894. The molecule has 0 saturated heterocycles. The second kappa shape index (κ2) is 5.23. The van der Waals surface area contributed by atoms with Crippen molar-refractivity contribution in [2.24, 2.45) is 0 Å². The van der Waals surface area contributed by atoms with Gasteiger partial charge in [0.1, 0.15) is 22.4 Å². The zero-order valence-corrected chi connectivity index (χ0v) is 11.0. The maximum Gasteiger partial charge on any atom is 0.149 e. The average Bonchev–Trinajstić information content (AvgIpc) is 2.34. The van der Waals surface area contributed by atoms with Crippen molar-refractivity contribution >= 4 is 17.4 Å². The highest BCUT2D eigenvalue weighted by Gasteiger charge is 2.07. The molecule has 0 radical (unpaired) electrons. The number of phenolic OH excluding ortho intramolecular Hbond substituents is 1. The van der Waals surface area contributed by atoms with E-state index in [4.69, 9.17) is 11.6 Å². The van der Waals surface area contributed by atoms with Gasteiger partial charge in [0.15, 0.2) is 0 Å². The fourth-order valence-electron chi connectivity index (χ4n) is 1.62. The lowest BCUT2D eigenvalue weighted by molar-refractivity contribution is 0.475. The molecule has 4 nitrogen and oxygen atoms in total. The fourth-order valence-corrected chi connectivity index (χ4v) is 1.77. The van der Waals surface area contributed by atoms with E-state index in [1.54, 1.807) is 12.1 Å². The van der Waals surface area contributed by atoms with Crippen molar-refractivity contribution in [1.82, 2.24) is 9.97 Å². The first-order chi connectivity index (χ1) is 8.56. The van der Waals surface area contributed by atoms with Crippen LogP contribution in [0.15, 0.2) is 24.3 Å². The number of nitrogens with zero attached hydrogens (tertiary/aromatic N) is 2. The molecule has 1 aromatic heterocycles. The number of halogens is 1. The van der Waals surface area contributed by atoms with Crippen LogP contribution in [0.1, 0.15) is 17.1 Å². The van der Waals surface area contributed by atoms with Crippen LogP contribution in [0.2, 0.25) is 5.02 Å². The van der Waals surface area contributed by atoms with E-state index in [-0.39, 0.29) is 5.75 Å². The van der Waals surface area contributed by atoms with E-state index in [0.717, 1.165) is 11.3 Å². The van der Waals surface area contributed by atoms with E-state index in [1.807, 2.05) is 26.0 Å². The minimum Gasteiger partial charge on any atom is -0.508 e. The third-order valence-corrected chi connectivity index (χ3v) is 2.98. The first-order valence-electron chi connectivity index (χ1n) is 5.59. The van der Waals surface area contributed by atoms with Gasteiger partial charge in [-0.1, -0.05) is 23.7 Å². The van der Waals surface area contributed by atoms with Crippen LogP contribution in [0, 0.1) is 13.8 Å². The van der Waals surface area contributed by atoms with Crippen molar-refractivity contribution in [2.45, 2.75) is 20.4 Å². The van der Waals surface area contributed by atoms with Gasteiger partial charge in [0.2, 0.25) is 0 Å². The number of benzene rings is 1. The van der Waals surface area contributed by atoms with E-state index in [0.29, 0.717) is 23.2 Å². The first-order valence-corrected chi connectivity index (χ1v) is 5.96. The van der Waals surface area contributed by atoms with Gasteiger partial charge in [-0.3, -0.25) is 0 Å². The van der Waals surface area contributed by atoms with Gasteiger partial charge in [0.25, 0.3) is 0 Å². The molecular weight excluding hydrogens is 250 g/mol. The molecule has 2 aromatic rings. The molecule has 1 heterocycles. The van der Waals surface area contributed by atoms with Gasteiger partial charge in [-0.05, 0) is 31.5 Å². The fraction of sp³-hybridized carbons (Fsp3) is 0.231. The summed E-state index contributed by atoms with van der Waals surface area (Å²) in [5.74, 6) is 1.57. The van der Waals surface area contributed by atoms with E-state index >= 15 is 0 Å². The molecule has 0 fully saturated rings. The van der Waals surface area contributed by atoms with Gasteiger partial charge in [0, 0.05) is 6.54 Å². The first kappa shape index (κ1) is 12.6. The van der Waals surface area contributed by atoms with Crippen LogP contribution < -0.4 is 5.32 Å². The minimum atomic E-state index is 0.255. The molecule has 0 atom stereocenters. The lowest BCUT2D eigenvalue weighted by Crippen LogP contribution is -2.05. The zero-order valence-electron chi connectivity index (χ0n) is 10.2. The summed E-state index contributed by atoms with van der Waals surface area (Å²) in [5, 5.41) is 12.9. The van der Waals surface area contributed by atoms with Crippen LogP contribution in [0.4, 0.5) is 5.82 Å². The number of aromatic nitrogens is 2. The molecule has 2 N–H and O–H groups in total. The Bertz CT molecular complexity index is 555. The highest BCUT2D eigenvalue weighted by Crippen LogP contribution is 2.22. The van der Waals surface area contributed by atoms with Gasteiger partial charge in [0.05, 0.1) is 5.69 Å². The molecule has 0 saturated carbocycles. The van der Waals surface area contributed by atoms with Crippen LogP contribution >= 0.6 is 11.6 Å². The molecule has 2 rings (SSSR count). The lowest BCUT2D eigenvalue weighted by atomic mass is 10.2. The molecule has 0 amide bonds. The van der Waals surface area contributed by atoms with Crippen molar-refractivity contribution < 1.29 is 5.11 Å². The second-order valence-electron chi connectivity index (χ2n) is 4.04. The Kier molecular flexibility index (Phi) is 3.67. The van der Waals surface area contributed by atoms with Gasteiger partial charge >= 0.3 is 0 Å². The number of aromatic hydroxyl groups is 1. The topological polar surface area (TPSA) is 58.0 Å². The highest BCUT2D eigenvalue weighted by atomic mass is 35.5. The largest absolute Gasteiger partial charge is 0.508 e. The summed E-state index contributed by atoms with van der Waals surface area (Å²) in [4.78, 5) is 8.45. The van der Waals surface area contributed by atoms with E-state index < -0.39 is 0 Å². The number of aryl methyl sites for hydroxylation is 2. The molecule has 0 aliphatic heterocycles. The van der Waals surface area contributed by atoms with Crippen molar-refractivity contribution in [3.63, 3.8) is 0 Å². The maximum absolute atomic E-state index is 9.20. The Labute approximate surface area is 111 Å². The molecule has 0 aliphatic rings. The summed E-state index contributed by atoms with van der Waals surface area (Å²) in [7, 11) is 0. The Morgan fingerprint density at radius 1 is 1.17 bits per heavy atom. The summed E-state index contributed by atoms with van der Waals surface area (Å²) in [6.45, 7) is 4.27. The van der Waals surface area contributed by atoms with E-state index in [2.05, 4.69) is 15.3 Å². The molecule has 1 aromatic carbocycles. The minimum absolute atomic E-state index is 0.255. The van der Waals surface area contributed by atoms with Gasteiger partial charge in [-0.25, -0.2) is 9.97 Å². The monoisotopic (exact) mass is 263 g/mol. The van der Waals surface area contributed by atoms with Crippen molar-refractivity contribution in [1.29, 1.82) is 0 Å². The van der Waals surface area contributed by atoms with Crippen LogP contribution in [-0.2, 0) is 6.54 Å². The normalized spacial score (nSPS) is 10.4. The van der Waals surface area contributed by atoms with Crippen LogP contribution in [0.3, 0.4) is 0 Å². The molecule has 0 aliphatic carbocycles. The number of phenols is 1. The van der Waals surface area contributed by atoms with Crippen LogP contribution in [-0.4, -0.2) is 15.1 Å². The number of rotatable bonds is 3. The van der Waals surface area contributed by atoms with Gasteiger partial charge in [-0.15, -0.1) is 0 Å². The summed E-state index contributed by atoms with van der Waals surface area (Å²) < 4.78 is 0. The Hall–Kier alpha value is -1.81. The summed E-state index contributed by atoms with van der Waals surface area (Å²) in [6, 6.07) is 6.98. The Morgan fingerprint density at radius 3 is 2.50 bits per heavy atom. The van der Waals surface area contributed by atoms with Crippen molar-refractivity contribution in [3.8, 4) is 5.75 Å². The van der Waals surface area contributed by atoms with E-state index in [1.165, 1.54) is 0 Å². The number of hydrogen-bond donors (Lipinski definition) is 2. The summed E-state index contributed by atoms with van der Waals surface area (Å²) in [6.07, 6.45) is 0. The molecule has 0 bridgehead atoms.